The highest BCUT2D eigenvalue weighted by atomic mass is 19.3. The van der Waals surface area contributed by atoms with Crippen LogP contribution in [0.1, 0.15) is 41.9 Å². The summed E-state index contributed by atoms with van der Waals surface area (Å²) in [5.74, 6) is -0.139. The van der Waals surface area contributed by atoms with Gasteiger partial charge in [0, 0.05) is 43.7 Å². The summed E-state index contributed by atoms with van der Waals surface area (Å²) in [7, 11) is 0. The van der Waals surface area contributed by atoms with Crippen molar-refractivity contribution < 1.29 is 27.8 Å². The van der Waals surface area contributed by atoms with Crippen LogP contribution in [0.5, 0.6) is 11.6 Å². The number of halogens is 2. The highest BCUT2D eigenvalue weighted by Crippen LogP contribution is 2.31. The molecule has 31 heavy (non-hydrogen) atoms. The first-order valence-electron chi connectivity index (χ1n) is 10.00. The standard InChI is InChI=1S/C21H22F2N4O4/c1-2-30-17-10-18-24-15(13-6-8-29-9-7-13)11-27(18)12-16(17)26-20(28)14-4-3-5-19(25-14)31-21(22)23/h3-5,10-13,21H,2,6-9H2,1H3,(H,26,28). The molecule has 10 heteroatoms. The lowest BCUT2D eigenvalue weighted by Gasteiger charge is -2.19. The monoisotopic (exact) mass is 432 g/mol. The number of imidazole rings is 1. The summed E-state index contributed by atoms with van der Waals surface area (Å²) in [6.07, 6.45) is 5.47. The number of nitrogens with zero attached hydrogens (tertiary/aromatic N) is 3. The average Bonchev–Trinajstić information content (AvgIpc) is 3.17. The molecular formula is C21H22F2N4O4. The van der Waals surface area contributed by atoms with E-state index in [1.165, 1.54) is 18.2 Å². The Bertz CT molecular complexity index is 1070. The number of alkyl halides is 2. The van der Waals surface area contributed by atoms with Crippen molar-refractivity contribution in [2.24, 2.45) is 0 Å². The smallest absolute Gasteiger partial charge is 0.388 e. The minimum absolute atomic E-state index is 0.0609. The Morgan fingerprint density at radius 3 is 2.84 bits per heavy atom. The molecule has 1 aliphatic rings. The van der Waals surface area contributed by atoms with E-state index in [4.69, 9.17) is 14.5 Å². The lowest BCUT2D eigenvalue weighted by atomic mass is 9.97. The topological polar surface area (TPSA) is 87.0 Å². The number of hydrogen-bond acceptors (Lipinski definition) is 6. The van der Waals surface area contributed by atoms with Gasteiger partial charge in [-0.05, 0) is 25.8 Å². The zero-order valence-electron chi connectivity index (χ0n) is 16.9. The predicted octanol–water partition coefficient (Wildman–Crippen LogP) is 3.88. The van der Waals surface area contributed by atoms with Gasteiger partial charge < -0.3 is 23.9 Å². The lowest BCUT2D eigenvalue weighted by Crippen LogP contribution is -2.16. The van der Waals surface area contributed by atoms with Gasteiger partial charge in [-0.3, -0.25) is 4.79 Å². The third-order valence-corrected chi connectivity index (χ3v) is 4.93. The molecule has 0 atom stereocenters. The SMILES string of the molecule is CCOc1cc2nc(C3CCOCC3)cn2cc1NC(=O)c1cccc(OC(F)F)n1. The van der Waals surface area contributed by atoms with Crippen LogP contribution in [-0.4, -0.2) is 46.7 Å². The van der Waals surface area contributed by atoms with Gasteiger partial charge in [-0.1, -0.05) is 6.07 Å². The number of nitrogens with one attached hydrogen (secondary N) is 1. The average molecular weight is 432 g/mol. The maximum Gasteiger partial charge on any atom is 0.388 e. The van der Waals surface area contributed by atoms with E-state index in [1.807, 2.05) is 17.5 Å². The number of carbonyl (C=O) groups excluding carboxylic acids is 1. The van der Waals surface area contributed by atoms with E-state index in [0.29, 0.717) is 42.8 Å². The van der Waals surface area contributed by atoms with E-state index in [1.54, 1.807) is 12.3 Å². The predicted molar refractivity (Wildman–Crippen MR) is 108 cm³/mol. The second-order valence-corrected chi connectivity index (χ2v) is 7.00. The molecule has 3 aromatic heterocycles. The van der Waals surface area contributed by atoms with Gasteiger partial charge in [0.15, 0.2) is 0 Å². The summed E-state index contributed by atoms with van der Waals surface area (Å²) in [4.78, 5) is 21.2. The van der Waals surface area contributed by atoms with Crippen LogP contribution in [0.25, 0.3) is 5.65 Å². The molecule has 0 aromatic carbocycles. The maximum atomic E-state index is 12.7. The van der Waals surface area contributed by atoms with E-state index in [-0.39, 0.29) is 11.6 Å². The third-order valence-electron chi connectivity index (χ3n) is 4.93. The second kappa shape index (κ2) is 9.25. The molecule has 0 unspecified atom stereocenters. The molecule has 1 aliphatic heterocycles. The van der Waals surface area contributed by atoms with E-state index in [2.05, 4.69) is 15.0 Å². The van der Waals surface area contributed by atoms with Crippen LogP contribution in [0.15, 0.2) is 36.7 Å². The van der Waals surface area contributed by atoms with Gasteiger partial charge in [0.05, 0.1) is 12.3 Å². The number of aromatic nitrogens is 3. The summed E-state index contributed by atoms with van der Waals surface area (Å²) in [5, 5.41) is 2.74. The molecule has 0 bridgehead atoms. The molecule has 3 aromatic rings. The van der Waals surface area contributed by atoms with Crippen molar-refractivity contribution in [3.63, 3.8) is 0 Å². The van der Waals surface area contributed by atoms with Crippen LogP contribution >= 0.6 is 0 Å². The summed E-state index contributed by atoms with van der Waals surface area (Å²) in [5.41, 5.74) is 2.02. The minimum atomic E-state index is -3.02. The highest BCUT2D eigenvalue weighted by Gasteiger charge is 2.20. The molecule has 0 spiro atoms. The number of hydrogen-bond donors (Lipinski definition) is 1. The second-order valence-electron chi connectivity index (χ2n) is 7.00. The summed E-state index contributed by atoms with van der Waals surface area (Å²) in [6.45, 7) is 0.629. The van der Waals surface area contributed by atoms with Crippen LogP contribution in [0.3, 0.4) is 0 Å². The number of rotatable bonds is 7. The molecule has 4 heterocycles. The number of carbonyl (C=O) groups is 1. The van der Waals surface area contributed by atoms with E-state index in [0.717, 1.165) is 18.5 Å². The van der Waals surface area contributed by atoms with Gasteiger partial charge in [-0.25, -0.2) is 9.97 Å². The van der Waals surface area contributed by atoms with Gasteiger partial charge >= 0.3 is 6.61 Å². The van der Waals surface area contributed by atoms with Gasteiger partial charge in [0.2, 0.25) is 5.88 Å². The quantitative estimate of drug-likeness (QED) is 0.610. The number of pyridine rings is 2. The van der Waals surface area contributed by atoms with Crippen molar-refractivity contribution in [2.75, 3.05) is 25.1 Å². The minimum Gasteiger partial charge on any atom is -0.491 e. The summed E-state index contributed by atoms with van der Waals surface area (Å²) >= 11 is 0. The summed E-state index contributed by atoms with van der Waals surface area (Å²) < 4.78 is 42.0. The molecule has 164 valence electrons. The number of anilines is 1. The first-order valence-corrected chi connectivity index (χ1v) is 10.00. The molecule has 0 radical (unpaired) electrons. The zero-order chi connectivity index (χ0) is 21.8. The Morgan fingerprint density at radius 1 is 1.29 bits per heavy atom. The molecule has 4 rings (SSSR count). The van der Waals surface area contributed by atoms with Crippen LogP contribution in [0.2, 0.25) is 0 Å². The first kappa shape index (κ1) is 21.0. The van der Waals surface area contributed by atoms with E-state index < -0.39 is 12.5 Å². The molecule has 1 amide bonds. The van der Waals surface area contributed by atoms with Gasteiger partial charge in [0.1, 0.15) is 22.8 Å². The number of ether oxygens (including phenoxy) is 3. The van der Waals surface area contributed by atoms with Crippen molar-refractivity contribution in [3.8, 4) is 11.6 Å². The van der Waals surface area contributed by atoms with Crippen molar-refractivity contribution in [2.45, 2.75) is 32.3 Å². The normalized spacial score (nSPS) is 14.7. The molecule has 0 aliphatic carbocycles. The summed E-state index contributed by atoms with van der Waals surface area (Å²) in [6, 6.07) is 5.84. The van der Waals surface area contributed by atoms with Crippen molar-refractivity contribution >= 4 is 17.2 Å². The largest absolute Gasteiger partial charge is 0.491 e. The Morgan fingerprint density at radius 2 is 2.10 bits per heavy atom. The highest BCUT2D eigenvalue weighted by molar-refractivity contribution is 6.03. The Kier molecular flexibility index (Phi) is 6.26. The molecular weight excluding hydrogens is 410 g/mol. The van der Waals surface area contributed by atoms with Gasteiger partial charge in [0.25, 0.3) is 5.91 Å². The number of fused-ring (bicyclic) bond motifs is 1. The molecule has 1 fully saturated rings. The Labute approximate surface area is 177 Å². The van der Waals surface area contributed by atoms with Crippen molar-refractivity contribution in [1.29, 1.82) is 0 Å². The zero-order valence-corrected chi connectivity index (χ0v) is 16.9. The van der Waals surface area contributed by atoms with Crippen LogP contribution in [0.4, 0.5) is 14.5 Å². The third kappa shape index (κ3) is 4.91. The fourth-order valence-electron chi connectivity index (χ4n) is 3.48. The molecule has 0 saturated carbocycles. The Hall–Kier alpha value is -3.27. The van der Waals surface area contributed by atoms with Crippen LogP contribution in [-0.2, 0) is 4.74 Å². The van der Waals surface area contributed by atoms with Crippen molar-refractivity contribution in [3.05, 3.63) is 48.0 Å². The van der Waals surface area contributed by atoms with E-state index in [9.17, 15) is 13.6 Å². The lowest BCUT2D eigenvalue weighted by molar-refractivity contribution is -0.0529. The first-order chi connectivity index (χ1) is 15.0. The van der Waals surface area contributed by atoms with E-state index >= 15 is 0 Å². The van der Waals surface area contributed by atoms with Gasteiger partial charge in [-0.15, -0.1) is 0 Å². The molecule has 1 saturated heterocycles. The maximum absolute atomic E-state index is 12.7. The fraction of sp³-hybridized carbons (Fsp3) is 0.381. The fourth-order valence-corrected chi connectivity index (χ4v) is 3.48. The van der Waals surface area contributed by atoms with Gasteiger partial charge in [-0.2, -0.15) is 8.78 Å². The van der Waals surface area contributed by atoms with Crippen LogP contribution < -0.4 is 14.8 Å². The van der Waals surface area contributed by atoms with Crippen molar-refractivity contribution in [1.82, 2.24) is 14.4 Å². The molecule has 8 nitrogen and oxygen atoms in total. The number of amides is 1. The molecule has 1 N–H and O–H groups in total. The Balaban J connectivity index is 1.61. The van der Waals surface area contributed by atoms with Crippen LogP contribution in [0, 0.1) is 0 Å².